The van der Waals surface area contributed by atoms with Crippen LogP contribution in [0.5, 0.6) is 0 Å². The first-order valence-electron chi connectivity index (χ1n) is 7.54. The Bertz CT molecular complexity index is 599. The molecule has 3 rings (SSSR count). The van der Waals surface area contributed by atoms with Crippen molar-refractivity contribution in [2.45, 2.75) is 18.9 Å². The lowest BCUT2D eigenvalue weighted by Crippen LogP contribution is -2.41. The van der Waals surface area contributed by atoms with Gasteiger partial charge >= 0.3 is 0 Å². The first-order valence-corrected chi connectivity index (χ1v) is 8.36. The lowest BCUT2D eigenvalue weighted by molar-refractivity contribution is 0.249. The zero-order valence-corrected chi connectivity index (χ0v) is 13.9. The number of nitrogens with two attached hydrogens (primary N) is 1. The third-order valence-corrected chi connectivity index (χ3v) is 4.85. The van der Waals surface area contributed by atoms with Gasteiger partial charge < -0.3 is 20.9 Å². The molecule has 1 saturated heterocycles. The number of thiazole rings is 1. The van der Waals surface area contributed by atoms with Crippen LogP contribution in [0.25, 0.3) is 0 Å². The molecular formula is C16H22N5S. The molecule has 2 aromatic rings. The largest absolute Gasteiger partial charge is 0.382 e. The minimum Gasteiger partial charge on any atom is -0.382 e. The molecule has 117 valence electrons. The molecule has 1 radical (unpaired) electrons. The van der Waals surface area contributed by atoms with Crippen molar-refractivity contribution in [2.24, 2.45) is 0 Å². The van der Waals surface area contributed by atoms with Crippen molar-refractivity contribution in [3.8, 4) is 0 Å². The fraction of sp³-hybridized carbons (Fsp3) is 0.438. The third-order valence-electron chi connectivity index (χ3n) is 4.15. The number of nitrogens with zero attached hydrogens (tertiary/aromatic N) is 3. The third kappa shape index (κ3) is 3.51. The molecule has 1 aromatic heterocycles. The van der Waals surface area contributed by atoms with Gasteiger partial charge in [0.05, 0.1) is 5.38 Å². The van der Waals surface area contributed by atoms with Gasteiger partial charge in [0.2, 0.25) is 0 Å². The molecule has 0 unspecified atom stereocenters. The van der Waals surface area contributed by atoms with E-state index < -0.39 is 0 Å². The summed E-state index contributed by atoms with van der Waals surface area (Å²) in [5.41, 5.74) is 7.89. The number of anilines is 4. The summed E-state index contributed by atoms with van der Waals surface area (Å²) in [6.07, 6.45) is 2.45. The summed E-state index contributed by atoms with van der Waals surface area (Å²) in [7, 11) is 4.34. The Hall–Kier alpha value is -1.79. The van der Waals surface area contributed by atoms with E-state index in [-0.39, 0.29) is 0 Å². The predicted octanol–water partition coefficient (Wildman–Crippen LogP) is 2.80. The van der Waals surface area contributed by atoms with E-state index in [1.54, 1.807) is 0 Å². The molecule has 3 N–H and O–H groups in total. The fourth-order valence-corrected chi connectivity index (χ4v) is 3.39. The zero-order valence-electron chi connectivity index (χ0n) is 13.0. The molecule has 1 aliphatic heterocycles. The number of hydrogen-bond acceptors (Lipinski definition) is 6. The minimum atomic E-state index is 0.438. The highest BCUT2D eigenvalue weighted by Crippen LogP contribution is 2.26. The van der Waals surface area contributed by atoms with Gasteiger partial charge in [-0.2, -0.15) is 0 Å². The summed E-state index contributed by atoms with van der Waals surface area (Å²) in [4.78, 5) is 8.95. The van der Waals surface area contributed by atoms with Crippen molar-refractivity contribution in [2.75, 3.05) is 43.1 Å². The number of nitrogens with one attached hydrogen (secondary N) is 1. The second-order valence-electron chi connectivity index (χ2n) is 5.86. The van der Waals surface area contributed by atoms with Gasteiger partial charge in [0.15, 0.2) is 5.13 Å². The molecule has 1 aliphatic rings. The van der Waals surface area contributed by atoms with E-state index in [2.05, 4.69) is 63.8 Å². The highest BCUT2D eigenvalue weighted by atomic mass is 32.1. The minimum absolute atomic E-state index is 0.438. The quantitative estimate of drug-likeness (QED) is 0.908. The molecule has 22 heavy (non-hydrogen) atoms. The zero-order chi connectivity index (χ0) is 15.5. The lowest BCUT2D eigenvalue weighted by Gasteiger charge is -2.36. The number of rotatable bonds is 4. The first-order chi connectivity index (χ1) is 10.6. The Labute approximate surface area is 135 Å². The molecule has 0 spiro atoms. The smallest absolute Gasteiger partial charge is 0.189 e. The molecule has 0 aliphatic carbocycles. The number of piperidine rings is 1. The highest BCUT2D eigenvalue weighted by molar-refractivity contribution is 7.13. The van der Waals surface area contributed by atoms with Crippen molar-refractivity contribution >= 4 is 33.7 Å². The number of benzene rings is 1. The van der Waals surface area contributed by atoms with Crippen LogP contribution in [0, 0.1) is 5.38 Å². The van der Waals surface area contributed by atoms with Gasteiger partial charge in [-0.3, -0.25) is 0 Å². The summed E-state index contributed by atoms with van der Waals surface area (Å²) in [5.74, 6) is 0.438. The average molecular weight is 316 g/mol. The average Bonchev–Trinajstić information content (AvgIpc) is 2.93. The Balaban J connectivity index is 1.60. The molecule has 0 amide bonds. The Morgan fingerprint density at radius 1 is 1.27 bits per heavy atom. The van der Waals surface area contributed by atoms with Crippen molar-refractivity contribution < 1.29 is 0 Å². The van der Waals surface area contributed by atoms with Crippen LogP contribution in [0.1, 0.15) is 12.8 Å². The molecule has 1 aromatic carbocycles. The molecule has 1 fully saturated rings. The van der Waals surface area contributed by atoms with Crippen LogP contribution >= 0.6 is 11.3 Å². The van der Waals surface area contributed by atoms with Gasteiger partial charge in [0.25, 0.3) is 0 Å². The van der Waals surface area contributed by atoms with Crippen LogP contribution in [-0.2, 0) is 0 Å². The summed E-state index contributed by atoms with van der Waals surface area (Å²) in [6, 6.07) is 9.22. The van der Waals surface area contributed by atoms with Crippen LogP contribution in [0.4, 0.5) is 22.3 Å². The molecule has 6 heteroatoms. The van der Waals surface area contributed by atoms with E-state index in [1.807, 2.05) is 0 Å². The van der Waals surface area contributed by atoms with Crippen molar-refractivity contribution in [1.82, 2.24) is 9.88 Å². The van der Waals surface area contributed by atoms with Crippen molar-refractivity contribution in [1.29, 1.82) is 0 Å². The predicted molar refractivity (Wildman–Crippen MR) is 94.0 cm³/mol. The van der Waals surface area contributed by atoms with Crippen LogP contribution in [-0.4, -0.2) is 43.1 Å². The molecular weight excluding hydrogens is 294 g/mol. The topological polar surface area (TPSA) is 57.4 Å². The summed E-state index contributed by atoms with van der Waals surface area (Å²) < 4.78 is 0. The van der Waals surface area contributed by atoms with Crippen LogP contribution < -0.4 is 16.0 Å². The normalized spacial score (nSPS) is 16.2. The van der Waals surface area contributed by atoms with E-state index in [0.29, 0.717) is 11.9 Å². The summed E-state index contributed by atoms with van der Waals surface area (Å²) >= 11 is 1.39. The second kappa shape index (κ2) is 6.54. The van der Waals surface area contributed by atoms with E-state index in [9.17, 15) is 0 Å². The monoisotopic (exact) mass is 316 g/mol. The van der Waals surface area contributed by atoms with Gasteiger partial charge in [-0.25, -0.2) is 4.98 Å². The van der Waals surface area contributed by atoms with Crippen molar-refractivity contribution in [3.05, 3.63) is 29.6 Å². The lowest BCUT2D eigenvalue weighted by atomic mass is 10.0. The maximum absolute atomic E-state index is 5.58. The molecule has 5 nitrogen and oxygen atoms in total. The van der Waals surface area contributed by atoms with E-state index in [4.69, 9.17) is 5.73 Å². The fourth-order valence-electron chi connectivity index (χ4n) is 2.83. The van der Waals surface area contributed by atoms with E-state index >= 15 is 0 Å². The van der Waals surface area contributed by atoms with Gasteiger partial charge in [0, 0.05) is 30.5 Å². The maximum atomic E-state index is 5.58. The van der Waals surface area contributed by atoms with E-state index in [0.717, 1.165) is 23.9 Å². The Kier molecular flexibility index (Phi) is 4.49. The van der Waals surface area contributed by atoms with Crippen LogP contribution in [0.2, 0.25) is 0 Å². The van der Waals surface area contributed by atoms with Crippen molar-refractivity contribution in [3.63, 3.8) is 0 Å². The standard InChI is InChI=1S/C16H22N5S/c1-20(2)13-7-9-21(10-8-13)14-5-3-12(4-6-14)18-16-19-15(17)11-22-16/h3-6,13H,7-10,17H2,1-2H3,(H,18,19). The highest BCUT2D eigenvalue weighted by Gasteiger charge is 2.20. The van der Waals surface area contributed by atoms with E-state index in [1.165, 1.54) is 29.9 Å². The number of aromatic nitrogens is 1. The summed E-state index contributed by atoms with van der Waals surface area (Å²) in [5, 5.41) is 6.92. The Morgan fingerprint density at radius 2 is 1.95 bits per heavy atom. The Morgan fingerprint density at radius 3 is 2.50 bits per heavy atom. The van der Waals surface area contributed by atoms with Gasteiger partial charge in [-0.15, -0.1) is 0 Å². The van der Waals surface area contributed by atoms with Gasteiger partial charge in [-0.05, 0) is 51.2 Å². The number of hydrogen-bond donors (Lipinski definition) is 2. The maximum Gasteiger partial charge on any atom is 0.189 e. The number of nitrogen functional groups attached to an aromatic ring is 1. The molecule has 2 heterocycles. The molecule has 0 saturated carbocycles. The molecule has 0 atom stereocenters. The summed E-state index contributed by atoms with van der Waals surface area (Å²) in [6.45, 7) is 2.24. The van der Waals surface area contributed by atoms with Gasteiger partial charge in [0.1, 0.15) is 5.82 Å². The van der Waals surface area contributed by atoms with Crippen LogP contribution in [0.3, 0.4) is 0 Å². The second-order valence-corrected chi connectivity index (χ2v) is 6.65. The van der Waals surface area contributed by atoms with Gasteiger partial charge in [-0.1, -0.05) is 11.3 Å². The first kappa shape index (κ1) is 15.1. The SMILES string of the molecule is CN(C)C1CCN(c2ccc(Nc3nc(N)[c]s3)cc2)CC1. The molecule has 0 bridgehead atoms. The van der Waals surface area contributed by atoms with Crippen LogP contribution in [0.15, 0.2) is 24.3 Å².